The van der Waals surface area contributed by atoms with Gasteiger partial charge in [0.15, 0.2) is 5.76 Å². The Balaban J connectivity index is 2.11. The Morgan fingerprint density at radius 3 is 2.80 bits per heavy atom. The van der Waals surface area contributed by atoms with E-state index >= 15 is 0 Å². The lowest BCUT2D eigenvalue weighted by Crippen LogP contribution is -2.45. The smallest absolute Gasteiger partial charge is 0.311 e. The van der Waals surface area contributed by atoms with Gasteiger partial charge < -0.3 is 4.18 Å². The Bertz CT molecular complexity index is 641. The predicted molar refractivity (Wildman–Crippen MR) is 81.1 cm³/mol. The number of rotatable bonds is 3. The summed E-state index contributed by atoms with van der Waals surface area (Å²) in [6, 6.07) is 1.95. The molecule has 0 amide bonds. The van der Waals surface area contributed by atoms with E-state index in [9.17, 15) is 8.42 Å². The van der Waals surface area contributed by atoms with E-state index in [1.54, 1.807) is 11.3 Å². The van der Waals surface area contributed by atoms with Crippen molar-refractivity contribution in [1.82, 2.24) is 4.90 Å². The van der Waals surface area contributed by atoms with Gasteiger partial charge in [-0.05, 0) is 43.0 Å². The normalized spacial score (nSPS) is 24.2. The van der Waals surface area contributed by atoms with Gasteiger partial charge in [-0.2, -0.15) is 8.42 Å². The van der Waals surface area contributed by atoms with Crippen molar-refractivity contribution in [2.45, 2.75) is 32.7 Å². The molecule has 4 nitrogen and oxygen atoms in total. The van der Waals surface area contributed by atoms with Crippen LogP contribution in [0.4, 0.5) is 0 Å². The van der Waals surface area contributed by atoms with Gasteiger partial charge >= 0.3 is 10.1 Å². The number of nitrogens with zero attached hydrogens (tertiary/aromatic N) is 1. The van der Waals surface area contributed by atoms with Gasteiger partial charge in [-0.15, -0.1) is 11.3 Å². The molecule has 1 unspecified atom stereocenters. The molecule has 20 heavy (non-hydrogen) atoms. The Morgan fingerprint density at radius 1 is 1.35 bits per heavy atom. The summed E-state index contributed by atoms with van der Waals surface area (Å²) in [5, 5.41) is 2.01. The van der Waals surface area contributed by atoms with Crippen molar-refractivity contribution in [3.63, 3.8) is 0 Å². The average molecular weight is 313 g/mol. The first kappa shape index (κ1) is 14.1. The SMILES string of the molecule is CCN(CC)C1CS(=O)(=O)OC2=C1CCc1sccc12. The zero-order chi connectivity index (χ0) is 14.3. The molecule has 110 valence electrons. The molecular formula is C14H19NO3S2. The molecule has 1 aromatic rings. The molecule has 2 aliphatic rings. The third kappa shape index (κ3) is 2.29. The van der Waals surface area contributed by atoms with Crippen LogP contribution in [0.2, 0.25) is 0 Å². The summed E-state index contributed by atoms with van der Waals surface area (Å²) in [6.45, 7) is 5.85. The third-order valence-electron chi connectivity index (χ3n) is 4.13. The van der Waals surface area contributed by atoms with Gasteiger partial charge in [-0.1, -0.05) is 13.8 Å². The highest BCUT2D eigenvalue weighted by Crippen LogP contribution is 2.41. The molecule has 0 spiro atoms. The topological polar surface area (TPSA) is 46.6 Å². The number of likely N-dealkylation sites (N-methyl/N-ethyl adjacent to an activating group) is 1. The molecule has 0 fully saturated rings. The summed E-state index contributed by atoms with van der Waals surface area (Å²) in [5.74, 6) is 0.683. The maximum Gasteiger partial charge on any atom is 0.311 e. The molecule has 1 aromatic heterocycles. The Kier molecular flexibility index (Phi) is 3.64. The van der Waals surface area contributed by atoms with E-state index in [0.29, 0.717) is 5.76 Å². The highest BCUT2D eigenvalue weighted by molar-refractivity contribution is 7.87. The summed E-state index contributed by atoms with van der Waals surface area (Å²) in [5.41, 5.74) is 2.14. The Labute approximate surface area is 124 Å². The molecule has 6 heteroatoms. The van der Waals surface area contributed by atoms with Crippen molar-refractivity contribution >= 4 is 27.2 Å². The second kappa shape index (κ2) is 5.16. The van der Waals surface area contributed by atoms with Crippen LogP contribution < -0.4 is 0 Å². The van der Waals surface area contributed by atoms with Crippen LogP contribution in [0, 0.1) is 0 Å². The molecule has 3 rings (SSSR count). The second-order valence-corrected chi connectivity index (χ2v) is 7.77. The van der Waals surface area contributed by atoms with Crippen LogP contribution in [0.5, 0.6) is 0 Å². The molecule has 1 aliphatic carbocycles. The number of thiophene rings is 1. The molecule has 1 aliphatic heterocycles. The van der Waals surface area contributed by atoms with Crippen LogP contribution >= 0.6 is 11.3 Å². The zero-order valence-corrected chi connectivity index (χ0v) is 13.4. The third-order valence-corrected chi connectivity index (χ3v) is 6.26. The molecule has 0 saturated carbocycles. The average Bonchev–Trinajstić information content (AvgIpc) is 2.87. The minimum absolute atomic E-state index is 0.0354. The fourth-order valence-electron chi connectivity index (χ4n) is 3.13. The maximum atomic E-state index is 12.1. The fraction of sp³-hybridized carbons (Fsp3) is 0.571. The molecule has 1 atom stereocenters. The lowest BCUT2D eigenvalue weighted by molar-refractivity contribution is 0.244. The number of aryl methyl sites for hydroxylation is 1. The summed E-state index contributed by atoms with van der Waals surface area (Å²) in [6.07, 6.45) is 1.90. The van der Waals surface area contributed by atoms with Crippen LogP contribution in [0.25, 0.3) is 5.76 Å². The monoisotopic (exact) mass is 313 g/mol. The van der Waals surface area contributed by atoms with Gasteiger partial charge in [-0.3, -0.25) is 4.90 Å². The Hall–Kier alpha value is -0.850. The largest absolute Gasteiger partial charge is 0.382 e. The number of hydrogen-bond donors (Lipinski definition) is 0. The molecular weight excluding hydrogens is 294 g/mol. The van der Waals surface area contributed by atoms with E-state index < -0.39 is 10.1 Å². The lowest BCUT2D eigenvalue weighted by atomic mass is 9.91. The van der Waals surface area contributed by atoms with Crippen LogP contribution in [0.3, 0.4) is 0 Å². The van der Waals surface area contributed by atoms with Crippen molar-refractivity contribution in [1.29, 1.82) is 0 Å². The highest BCUT2D eigenvalue weighted by atomic mass is 32.2. The van der Waals surface area contributed by atoms with Gasteiger partial charge in [0.1, 0.15) is 5.75 Å². The minimum Gasteiger partial charge on any atom is -0.382 e. The van der Waals surface area contributed by atoms with Crippen molar-refractivity contribution in [3.8, 4) is 0 Å². The summed E-state index contributed by atoms with van der Waals surface area (Å²) < 4.78 is 29.6. The van der Waals surface area contributed by atoms with Crippen LogP contribution in [-0.4, -0.2) is 38.2 Å². The van der Waals surface area contributed by atoms with Crippen molar-refractivity contribution in [2.75, 3.05) is 18.8 Å². The van der Waals surface area contributed by atoms with Crippen molar-refractivity contribution in [3.05, 3.63) is 27.5 Å². The van der Waals surface area contributed by atoms with Crippen LogP contribution in [0.1, 0.15) is 30.7 Å². The summed E-state index contributed by atoms with van der Waals surface area (Å²) in [4.78, 5) is 3.45. The first-order valence-electron chi connectivity index (χ1n) is 7.01. The lowest BCUT2D eigenvalue weighted by Gasteiger charge is -2.37. The summed E-state index contributed by atoms with van der Waals surface area (Å²) in [7, 11) is -3.48. The first-order valence-corrected chi connectivity index (χ1v) is 9.47. The van der Waals surface area contributed by atoms with E-state index in [1.807, 2.05) is 11.4 Å². The van der Waals surface area contributed by atoms with Crippen molar-refractivity contribution < 1.29 is 12.6 Å². The molecule has 2 heterocycles. The maximum absolute atomic E-state index is 12.1. The van der Waals surface area contributed by atoms with Gasteiger partial charge in [0.2, 0.25) is 0 Å². The molecule has 0 radical (unpaired) electrons. The van der Waals surface area contributed by atoms with Crippen LogP contribution in [-0.2, 0) is 20.7 Å². The van der Waals surface area contributed by atoms with Gasteiger partial charge in [0.25, 0.3) is 0 Å². The van der Waals surface area contributed by atoms with E-state index in [1.165, 1.54) is 4.88 Å². The van der Waals surface area contributed by atoms with E-state index in [4.69, 9.17) is 4.18 Å². The first-order chi connectivity index (χ1) is 9.55. The molecule has 0 saturated heterocycles. The predicted octanol–water partition coefficient (Wildman–Crippen LogP) is 2.48. The zero-order valence-electron chi connectivity index (χ0n) is 11.8. The van der Waals surface area contributed by atoms with E-state index in [-0.39, 0.29) is 11.8 Å². The quantitative estimate of drug-likeness (QED) is 0.804. The minimum atomic E-state index is -3.48. The van der Waals surface area contributed by atoms with Gasteiger partial charge in [0.05, 0.1) is 6.04 Å². The van der Waals surface area contributed by atoms with E-state index in [2.05, 4.69) is 18.7 Å². The van der Waals surface area contributed by atoms with Crippen LogP contribution in [0.15, 0.2) is 17.0 Å². The van der Waals surface area contributed by atoms with Gasteiger partial charge in [0, 0.05) is 10.4 Å². The standard InChI is InChI=1S/C14H19NO3S2/c1-3-15(4-2)12-9-20(16,17)18-14-10(12)5-6-13-11(14)7-8-19-13/h7-8,12H,3-6,9H2,1-2H3. The Morgan fingerprint density at radius 2 is 2.10 bits per heavy atom. The molecule has 0 bridgehead atoms. The van der Waals surface area contributed by atoms with Crippen molar-refractivity contribution in [2.24, 2.45) is 0 Å². The fourth-order valence-corrected chi connectivity index (χ4v) is 5.33. The van der Waals surface area contributed by atoms with E-state index in [0.717, 1.165) is 37.1 Å². The van der Waals surface area contributed by atoms with Gasteiger partial charge in [-0.25, -0.2) is 0 Å². The molecule has 0 aromatic carbocycles. The summed E-state index contributed by atoms with van der Waals surface area (Å²) >= 11 is 1.68. The highest BCUT2D eigenvalue weighted by Gasteiger charge is 2.39. The number of hydrogen-bond acceptors (Lipinski definition) is 5. The molecule has 0 N–H and O–H groups in total. The second-order valence-electron chi connectivity index (χ2n) is 5.16. The number of fused-ring (bicyclic) bond motifs is 2.